The number of carboxylic acid groups (broad SMARTS) is 1. The van der Waals surface area contributed by atoms with E-state index < -0.39 is 5.97 Å². The van der Waals surface area contributed by atoms with Gasteiger partial charge in [0.15, 0.2) is 0 Å². The normalized spacial score (nSPS) is 18.5. The Bertz CT molecular complexity index is 182. The van der Waals surface area contributed by atoms with Crippen LogP contribution in [0.1, 0.15) is 39.5 Å². The molecule has 0 spiro atoms. The summed E-state index contributed by atoms with van der Waals surface area (Å²) < 4.78 is 0. The molecule has 0 radical (unpaired) electrons. The molecule has 3 heteroatoms. The van der Waals surface area contributed by atoms with Gasteiger partial charge in [-0.15, -0.1) is 0 Å². The molecule has 0 aromatic rings. The monoisotopic (exact) mass is 199 g/mol. The van der Waals surface area contributed by atoms with Crippen molar-refractivity contribution in [1.82, 2.24) is 4.90 Å². The maximum absolute atomic E-state index is 10.6. The highest BCUT2D eigenvalue weighted by Crippen LogP contribution is 2.23. The maximum atomic E-state index is 10.6. The van der Waals surface area contributed by atoms with Crippen LogP contribution in [0.4, 0.5) is 0 Å². The SMILES string of the molecule is CCCC(CCC)N1CC(C(=O)O)C1. The van der Waals surface area contributed by atoms with Gasteiger partial charge in [-0.2, -0.15) is 0 Å². The van der Waals surface area contributed by atoms with Gasteiger partial charge in [0.05, 0.1) is 5.92 Å². The van der Waals surface area contributed by atoms with E-state index >= 15 is 0 Å². The Labute approximate surface area is 86.1 Å². The van der Waals surface area contributed by atoms with E-state index in [-0.39, 0.29) is 5.92 Å². The highest BCUT2D eigenvalue weighted by molar-refractivity contribution is 5.71. The van der Waals surface area contributed by atoms with E-state index in [1.54, 1.807) is 0 Å². The second-order valence-electron chi connectivity index (χ2n) is 4.22. The predicted octanol–water partition coefficient (Wildman–Crippen LogP) is 1.97. The van der Waals surface area contributed by atoms with Crippen LogP contribution in [0.5, 0.6) is 0 Å². The molecule has 1 aliphatic heterocycles. The molecule has 82 valence electrons. The van der Waals surface area contributed by atoms with Gasteiger partial charge in [0.25, 0.3) is 0 Å². The average Bonchev–Trinajstić information content (AvgIpc) is 2.01. The first kappa shape index (κ1) is 11.5. The van der Waals surface area contributed by atoms with Crippen LogP contribution in [0, 0.1) is 5.92 Å². The topological polar surface area (TPSA) is 40.5 Å². The number of rotatable bonds is 6. The fourth-order valence-corrected chi connectivity index (χ4v) is 2.14. The summed E-state index contributed by atoms with van der Waals surface area (Å²) in [5.41, 5.74) is 0. The highest BCUT2D eigenvalue weighted by Gasteiger charge is 2.35. The van der Waals surface area contributed by atoms with Crippen LogP contribution in [0.15, 0.2) is 0 Å². The Morgan fingerprint density at radius 3 is 2.21 bits per heavy atom. The standard InChI is InChI=1S/C11H21NO2/c1-3-5-10(6-4-2)12-7-9(8-12)11(13)14/h9-10H,3-8H2,1-2H3,(H,13,14). The summed E-state index contributed by atoms with van der Waals surface area (Å²) in [5, 5.41) is 8.77. The molecule has 14 heavy (non-hydrogen) atoms. The minimum Gasteiger partial charge on any atom is -0.481 e. The fourth-order valence-electron chi connectivity index (χ4n) is 2.14. The quantitative estimate of drug-likeness (QED) is 0.711. The van der Waals surface area contributed by atoms with E-state index in [2.05, 4.69) is 18.7 Å². The van der Waals surface area contributed by atoms with Gasteiger partial charge in [-0.3, -0.25) is 9.69 Å². The van der Waals surface area contributed by atoms with E-state index in [4.69, 9.17) is 5.11 Å². The van der Waals surface area contributed by atoms with E-state index in [0.29, 0.717) is 6.04 Å². The van der Waals surface area contributed by atoms with Gasteiger partial charge in [-0.05, 0) is 12.8 Å². The van der Waals surface area contributed by atoms with Gasteiger partial charge < -0.3 is 5.11 Å². The molecule has 0 amide bonds. The fraction of sp³-hybridized carbons (Fsp3) is 0.909. The van der Waals surface area contributed by atoms with Crippen LogP contribution in [-0.2, 0) is 4.79 Å². The summed E-state index contributed by atoms with van der Waals surface area (Å²) in [7, 11) is 0. The first-order valence-corrected chi connectivity index (χ1v) is 5.65. The van der Waals surface area contributed by atoms with Crippen LogP contribution in [0.2, 0.25) is 0 Å². The van der Waals surface area contributed by atoms with Crippen molar-refractivity contribution in [2.75, 3.05) is 13.1 Å². The lowest BCUT2D eigenvalue weighted by molar-refractivity contribution is -0.148. The van der Waals surface area contributed by atoms with E-state index in [1.165, 1.54) is 25.7 Å². The van der Waals surface area contributed by atoms with Crippen molar-refractivity contribution >= 4 is 5.97 Å². The first-order valence-electron chi connectivity index (χ1n) is 5.65. The molecule has 0 aromatic carbocycles. The molecule has 1 N–H and O–H groups in total. The Balaban J connectivity index is 2.30. The van der Waals surface area contributed by atoms with Crippen LogP contribution < -0.4 is 0 Å². The number of likely N-dealkylation sites (tertiary alicyclic amines) is 1. The molecule has 0 saturated carbocycles. The van der Waals surface area contributed by atoms with Crippen LogP contribution >= 0.6 is 0 Å². The van der Waals surface area contributed by atoms with Crippen molar-refractivity contribution in [2.45, 2.75) is 45.6 Å². The molecular formula is C11H21NO2. The number of carbonyl (C=O) groups is 1. The maximum Gasteiger partial charge on any atom is 0.309 e. The van der Waals surface area contributed by atoms with E-state index in [9.17, 15) is 4.79 Å². The van der Waals surface area contributed by atoms with Gasteiger partial charge >= 0.3 is 5.97 Å². The van der Waals surface area contributed by atoms with Crippen molar-refractivity contribution in [1.29, 1.82) is 0 Å². The zero-order chi connectivity index (χ0) is 10.6. The van der Waals surface area contributed by atoms with Crippen molar-refractivity contribution in [3.05, 3.63) is 0 Å². The summed E-state index contributed by atoms with van der Waals surface area (Å²) in [4.78, 5) is 13.0. The zero-order valence-electron chi connectivity index (χ0n) is 9.20. The van der Waals surface area contributed by atoms with Crippen LogP contribution in [-0.4, -0.2) is 35.1 Å². The van der Waals surface area contributed by atoms with Gasteiger partial charge in [-0.1, -0.05) is 26.7 Å². The second-order valence-corrected chi connectivity index (χ2v) is 4.22. The third-order valence-corrected chi connectivity index (χ3v) is 3.02. The zero-order valence-corrected chi connectivity index (χ0v) is 9.20. The number of nitrogens with zero attached hydrogens (tertiary/aromatic N) is 1. The van der Waals surface area contributed by atoms with E-state index in [0.717, 1.165) is 13.1 Å². The van der Waals surface area contributed by atoms with Gasteiger partial charge in [0, 0.05) is 19.1 Å². The Kier molecular flexibility index (Phi) is 4.39. The molecule has 3 nitrogen and oxygen atoms in total. The summed E-state index contributed by atoms with van der Waals surface area (Å²) in [6.45, 7) is 5.91. The van der Waals surface area contributed by atoms with Crippen molar-refractivity contribution < 1.29 is 9.90 Å². The van der Waals surface area contributed by atoms with Crippen LogP contribution in [0.25, 0.3) is 0 Å². The molecule has 1 saturated heterocycles. The largest absolute Gasteiger partial charge is 0.481 e. The van der Waals surface area contributed by atoms with Gasteiger partial charge in [0.1, 0.15) is 0 Å². The molecule has 1 rings (SSSR count). The average molecular weight is 199 g/mol. The molecular weight excluding hydrogens is 178 g/mol. The first-order chi connectivity index (χ1) is 6.69. The minimum absolute atomic E-state index is 0.105. The van der Waals surface area contributed by atoms with Crippen molar-refractivity contribution in [3.63, 3.8) is 0 Å². The highest BCUT2D eigenvalue weighted by atomic mass is 16.4. The molecule has 0 aliphatic carbocycles. The third kappa shape index (κ3) is 2.71. The summed E-state index contributed by atoms with van der Waals surface area (Å²) in [6, 6.07) is 0.626. The molecule has 0 aromatic heterocycles. The van der Waals surface area contributed by atoms with E-state index in [1.807, 2.05) is 0 Å². The summed E-state index contributed by atoms with van der Waals surface area (Å²) >= 11 is 0. The molecule has 1 fully saturated rings. The molecule has 1 aliphatic rings. The van der Waals surface area contributed by atoms with Crippen LogP contribution in [0.3, 0.4) is 0 Å². The number of hydrogen-bond acceptors (Lipinski definition) is 2. The second kappa shape index (κ2) is 5.35. The van der Waals surface area contributed by atoms with Crippen molar-refractivity contribution in [3.8, 4) is 0 Å². The molecule has 1 heterocycles. The number of aliphatic carboxylic acids is 1. The van der Waals surface area contributed by atoms with Gasteiger partial charge in [0.2, 0.25) is 0 Å². The lowest BCUT2D eigenvalue weighted by Gasteiger charge is -2.42. The lowest BCUT2D eigenvalue weighted by atomic mass is 9.94. The lowest BCUT2D eigenvalue weighted by Crippen LogP contribution is -2.54. The molecule has 0 bridgehead atoms. The minimum atomic E-state index is -0.631. The molecule has 0 atom stereocenters. The number of hydrogen-bond donors (Lipinski definition) is 1. The smallest absolute Gasteiger partial charge is 0.309 e. The molecule has 0 unspecified atom stereocenters. The predicted molar refractivity (Wildman–Crippen MR) is 56.3 cm³/mol. The summed E-state index contributed by atoms with van der Waals surface area (Å²) in [5.74, 6) is -0.737. The Hall–Kier alpha value is -0.570. The summed E-state index contributed by atoms with van der Waals surface area (Å²) in [6.07, 6.45) is 4.80. The number of carboxylic acids is 1. The third-order valence-electron chi connectivity index (χ3n) is 3.02. The Morgan fingerprint density at radius 2 is 1.86 bits per heavy atom. The van der Waals surface area contributed by atoms with Gasteiger partial charge in [-0.25, -0.2) is 0 Å². The van der Waals surface area contributed by atoms with Crippen molar-refractivity contribution in [2.24, 2.45) is 5.92 Å². The Morgan fingerprint density at radius 1 is 1.36 bits per heavy atom.